The largest absolute Gasteiger partial charge is 0.381 e. The standard InChI is InChI=1S/C38H78O/c1-3-5-7-9-11-13-15-17-19-20-21-22-23-24-26-28-30-32-34-36-38-39-37-35-33-31-29-27-25-18-16-14-12-10-8-6-4-2/h3-38H2,1-2H3. The van der Waals surface area contributed by atoms with E-state index in [2.05, 4.69) is 13.8 Å². The van der Waals surface area contributed by atoms with Gasteiger partial charge in [0.25, 0.3) is 0 Å². The molecule has 0 aliphatic carbocycles. The van der Waals surface area contributed by atoms with Crippen molar-refractivity contribution in [3.8, 4) is 0 Å². The number of ether oxygens (including phenoxy) is 1. The first-order chi connectivity index (χ1) is 19.4. The molecule has 0 atom stereocenters. The third kappa shape index (κ3) is 38.0. The molecule has 0 amide bonds. The summed E-state index contributed by atoms with van der Waals surface area (Å²) in [6, 6.07) is 0. The Labute approximate surface area is 249 Å². The molecule has 0 aromatic heterocycles. The molecule has 1 nitrogen and oxygen atoms in total. The van der Waals surface area contributed by atoms with E-state index in [9.17, 15) is 0 Å². The summed E-state index contributed by atoms with van der Waals surface area (Å²) >= 11 is 0. The van der Waals surface area contributed by atoms with Gasteiger partial charge in [0.15, 0.2) is 0 Å². The van der Waals surface area contributed by atoms with Gasteiger partial charge in [0.05, 0.1) is 0 Å². The Morgan fingerprint density at radius 3 is 0.538 bits per heavy atom. The third-order valence-electron chi connectivity index (χ3n) is 8.78. The summed E-state index contributed by atoms with van der Waals surface area (Å²) in [6.45, 7) is 6.60. The molecule has 0 heterocycles. The summed E-state index contributed by atoms with van der Waals surface area (Å²) in [5, 5.41) is 0. The van der Waals surface area contributed by atoms with Gasteiger partial charge in [-0.3, -0.25) is 0 Å². The predicted octanol–water partition coefficient (Wildman–Crippen LogP) is 14.3. The van der Waals surface area contributed by atoms with Crippen molar-refractivity contribution in [1.82, 2.24) is 0 Å². The average molecular weight is 551 g/mol. The maximum absolute atomic E-state index is 5.88. The molecule has 0 unspecified atom stereocenters. The number of rotatable bonds is 36. The Morgan fingerprint density at radius 2 is 0.359 bits per heavy atom. The minimum atomic E-state index is 0.997. The second-order valence-electron chi connectivity index (χ2n) is 12.9. The molecular formula is C38H78O. The van der Waals surface area contributed by atoms with Crippen LogP contribution >= 0.6 is 0 Å². The first-order valence-electron chi connectivity index (χ1n) is 19.0. The second-order valence-corrected chi connectivity index (χ2v) is 12.9. The number of hydrogen-bond donors (Lipinski definition) is 0. The van der Waals surface area contributed by atoms with Gasteiger partial charge in [0, 0.05) is 13.2 Å². The molecule has 0 aliphatic rings. The molecule has 0 aromatic rings. The summed E-state index contributed by atoms with van der Waals surface area (Å²) < 4.78 is 5.88. The zero-order chi connectivity index (χ0) is 28.2. The molecule has 0 rings (SSSR count). The topological polar surface area (TPSA) is 9.23 Å². The Hall–Kier alpha value is -0.0400. The normalized spacial score (nSPS) is 11.5. The Morgan fingerprint density at radius 1 is 0.205 bits per heavy atom. The summed E-state index contributed by atoms with van der Waals surface area (Å²) in [7, 11) is 0. The van der Waals surface area contributed by atoms with E-state index < -0.39 is 0 Å². The molecule has 0 aromatic carbocycles. The lowest BCUT2D eigenvalue weighted by molar-refractivity contribution is 0.125. The van der Waals surface area contributed by atoms with Crippen molar-refractivity contribution >= 4 is 0 Å². The van der Waals surface area contributed by atoms with Gasteiger partial charge in [0.1, 0.15) is 0 Å². The Kier molecular flexibility index (Phi) is 37.9. The van der Waals surface area contributed by atoms with Crippen molar-refractivity contribution in [3.63, 3.8) is 0 Å². The molecule has 1 heteroatoms. The van der Waals surface area contributed by atoms with Crippen molar-refractivity contribution in [2.24, 2.45) is 0 Å². The van der Waals surface area contributed by atoms with Crippen molar-refractivity contribution in [3.05, 3.63) is 0 Å². The van der Waals surface area contributed by atoms with Crippen LogP contribution in [0.25, 0.3) is 0 Å². The van der Waals surface area contributed by atoms with Crippen LogP contribution in [0.1, 0.15) is 232 Å². The van der Waals surface area contributed by atoms with E-state index in [1.54, 1.807) is 0 Å². The highest BCUT2D eigenvalue weighted by Gasteiger charge is 1.97. The van der Waals surface area contributed by atoms with Gasteiger partial charge >= 0.3 is 0 Å². The van der Waals surface area contributed by atoms with E-state index in [1.807, 2.05) is 0 Å². The minimum absolute atomic E-state index is 0.997. The van der Waals surface area contributed by atoms with Crippen LogP contribution in [0.15, 0.2) is 0 Å². The highest BCUT2D eigenvalue weighted by atomic mass is 16.5. The van der Waals surface area contributed by atoms with Gasteiger partial charge in [-0.05, 0) is 12.8 Å². The molecule has 236 valence electrons. The zero-order valence-corrected chi connectivity index (χ0v) is 27.9. The van der Waals surface area contributed by atoms with E-state index in [-0.39, 0.29) is 0 Å². The van der Waals surface area contributed by atoms with Crippen molar-refractivity contribution in [2.75, 3.05) is 13.2 Å². The van der Waals surface area contributed by atoms with Gasteiger partial charge < -0.3 is 4.74 Å². The molecule has 0 N–H and O–H groups in total. The van der Waals surface area contributed by atoms with Crippen LogP contribution in [0.3, 0.4) is 0 Å². The fourth-order valence-corrected chi connectivity index (χ4v) is 5.96. The fraction of sp³-hybridized carbons (Fsp3) is 1.00. The summed E-state index contributed by atoms with van der Waals surface area (Å²) in [4.78, 5) is 0. The Bertz CT molecular complexity index is 356. The number of unbranched alkanes of at least 4 members (excludes halogenated alkanes) is 32. The lowest BCUT2D eigenvalue weighted by Crippen LogP contribution is -1.97. The van der Waals surface area contributed by atoms with Gasteiger partial charge in [-0.25, -0.2) is 0 Å². The smallest absolute Gasteiger partial charge is 0.0466 e. The van der Waals surface area contributed by atoms with E-state index in [1.165, 1.54) is 218 Å². The van der Waals surface area contributed by atoms with Crippen LogP contribution in [0.2, 0.25) is 0 Å². The molecular weight excluding hydrogens is 472 g/mol. The molecule has 0 bridgehead atoms. The van der Waals surface area contributed by atoms with Gasteiger partial charge in [-0.15, -0.1) is 0 Å². The molecule has 0 spiro atoms. The molecule has 39 heavy (non-hydrogen) atoms. The van der Waals surface area contributed by atoms with Crippen LogP contribution in [0.5, 0.6) is 0 Å². The first kappa shape index (κ1) is 39.0. The van der Waals surface area contributed by atoms with Gasteiger partial charge in [-0.2, -0.15) is 0 Å². The minimum Gasteiger partial charge on any atom is -0.381 e. The highest BCUT2D eigenvalue weighted by Crippen LogP contribution is 2.15. The van der Waals surface area contributed by atoms with Crippen molar-refractivity contribution in [1.29, 1.82) is 0 Å². The van der Waals surface area contributed by atoms with Crippen LogP contribution in [0, 0.1) is 0 Å². The van der Waals surface area contributed by atoms with Crippen LogP contribution in [0.4, 0.5) is 0 Å². The third-order valence-corrected chi connectivity index (χ3v) is 8.78. The molecule has 0 saturated carbocycles. The highest BCUT2D eigenvalue weighted by molar-refractivity contribution is 4.52. The fourth-order valence-electron chi connectivity index (χ4n) is 5.96. The number of hydrogen-bond acceptors (Lipinski definition) is 1. The van der Waals surface area contributed by atoms with E-state index in [4.69, 9.17) is 4.74 Å². The van der Waals surface area contributed by atoms with Gasteiger partial charge in [-0.1, -0.05) is 219 Å². The summed E-state index contributed by atoms with van der Waals surface area (Å²) in [6.07, 6.45) is 49.0. The summed E-state index contributed by atoms with van der Waals surface area (Å²) in [5.74, 6) is 0. The average Bonchev–Trinajstić information content (AvgIpc) is 2.95. The molecule has 0 radical (unpaired) electrons. The maximum atomic E-state index is 5.88. The summed E-state index contributed by atoms with van der Waals surface area (Å²) in [5.41, 5.74) is 0. The molecule has 0 fully saturated rings. The molecule has 0 saturated heterocycles. The van der Waals surface area contributed by atoms with Gasteiger partial charge in [0.2, 0.25) is 0 Å². The Balaban J connectivity index is 3.01. The lowest BCUT2D eigenvalue weighted by atomic mass is 10.0. The van der Waals surface area contributed by atoms with Crippen LogP contribution in [-0.2, 0) is 4.74 Å². The SMILES string of the molecule is CCCCCCCCCCCCCCCCCCCCCCOCCCCCCCCCCCCCCCC. The zero-order valence-electron chi connectivity index (χ0n) is 27.9. The van der Waals surface area contributed by atoms with Crippen molar-refractivity contribution < 1.29 is 4.74 Å². The monoisotopic (exact) mass is 551 g/mol. The van der Waals surface area contributed by atoms with E-state index in [0.717, 1.165) is 13.2 Å². The van der Waals surface area contributed by atoms with E-state index >= 15 is 0 Å². The van der Waals surface area contributed by atoms with Crippen LogP contribution in [-0.4, -0.2) is 13.2 Å². The second kappa shape index (κ2) is 38.0. The van der Waals surface area contributed by atoms with Crippen LogP contribution < -0.4 is 0 Å². The van der Waals surface area contributed by atoms with Crippen molar-refractivity contribution in [2.45, 2.75) is 232 Å². The first-order valence-corrected chi connectivity index (χ1v) is 19.0. The molecule has 0 aliphatic heterocycles. The lowest BCUT2D eigenvalue weighted by Gasteiger charge is -2.06. The predicted molar refractivity (Wildman–Crippen MR) is 179 cm³/mol. The quantitative estimate of drug-likeness (QED) is 0.0705. The van der Waals surface area contributed by atoms with E-state index in [0.29, 0.717) is 0 Å². The maximum Gasteiger partial charge on any atom is 0.0466 e.